The van der Waals surface area contributed by atoms with E-state index in [-0.39, 0.29) is 12.1 Å². The van der Waals surface area contributed by atoms with Crippen LogP contribution < -0.4 is 5.32 Å². The highest BCUT2D eigenvalue weighted by molar-refractivity contribution is 7.84. The van der Waals surface area contributed by atoms with E-state index in [1.807, 2.05) is 6.07 Å². The first-order chi connectivity index (χ1) is 11.5. The van der Waals surface area contributed by atoms with E-state index in [0.717, 1.165) is 5.56 Å². The number of hydrogen-bond acceptors (Lipinski definition) is 4. The summed E-state index contributed by atoms with van der Waals surface area (Å²) in [7, 11) is -1.32. The highest BCUT2D eigenvalue weighted by atomic mass is 35.5. The fourth-order valence-corrected chi connectivity index (χ4v) is 2.94. The summed E-state index contributed by atoms with van der Waals surface area (Å²) in [5.74, 6) is -1.11. The third-order valence-corrected chi connectivity index (χ3v) is 4.34. The minimum absolute atomic E-state index is 0.195. The van der Waals surface area contributed by atoms with Crippen molar-refractivity contribution in [3.63, 3.8) is 0 Å². The van der Waals surface area contributed by atoms with Crippen LogP contribution in [0.25, 0.3) is 0 Å². The molecule has 0 aromatic heterocycles. The second-order valence-electron chi connectivity index (χ2n) is 4.93. The lowest BCUT2D eigenvalue weighted by Gasteiger charge is -2.09. The number of amides is 1. The number of benzene rings is 2. The maximum atomic E-state index is 12.0. The second kappa shape index (κ2) is 8.61. The lowest BCUT2D eigenvalue weighted by atomic mass is 10.2. The number of esters is 1. The maximum absolute atomic E-state index is 12.0. The van der Waals surface area contributed by atoms with E-state index in [1.165, 1.54) is 12.3 Å². The van der Waals surface area contributed by atoms with Crippen molar-refractivity contribution in [1.82, 2.24) is 5.32 Å². The molecule has 24 heavy (non-hydrogen) atoms. The molecule has 0 heterocycles. The van der Waals surface area contributed by atoms with Gasteiger partial charge in [-0.05, 0) is 29.8 Å². The molecule has 2 rings (SSSR count). The van der Waals surface area contributed by atoms with Gasteiger partial charge in [-0.3, -0.25) is 9.00 Å². The van der Waals surface area contributed by atoms with Crippen LogP contribution in [0.3, 0.4) is 0 Å². The Kier molecular flexibility index (Phi) is 6.52. The summed E-state index contributed by atoms with van der Waals surface area (Å²) >= 11 is 5.86. The number of ether oxygens (including phenoxy) is 1. The molecule has 5 nitrogen and oxygen atoms in total. The molecule has 1 atom stereocenters. The van der Waals surface area contributed by atoms with Gasteiger partial charge in [0.2, 0.25) is 0 Å². The van der Waals surface area contributed by atoms with Gasteiger partial charge in [-0.25, -0.2) is 4.79 Å². The molecule has 0 radical (unpaired) electrons. The van der Waals surface area contributed by atoms with Crippen LogP contribution in [0.5, 0.6) is 0 Å². The smallest absolute Gasteiger partial charge is 0.339 e. The predicted molar refractivity (Wildman–Crippen MR) is 92.4 cm³/mol. The molecule has 0 aliphatic rings. The minimum atomic E-state index is -1.32. The zero-order valence-corrected chi connectivity index (χ0v) is 14.5. The molecule has 0 aliphatic heterocycles. The largest absolute Gasteiger partial charge is 0.452 e. The Balaban J connectivity index is 1.88. The fourth-order valence-electron chi connectivity index (χ4n) is 1.99. The van der Waals surface area contributed by atoms with Crippen molar-refractivity contribution in [2.75, 3.05) is 12.9 Å². The van der Waals surface area contributed by atoms with E-state index < -0.39 is 29.3 Å². The highest BCUT2D eigenvalue weighted by Gasteiger charge is 2.15. The van der Waals surface area contributed by atoms with Gasteiger partial charge >= 0.3 is 5.97 Å². The van der Waals surface area contributed by atoms with Gasteiger partial charge < -0.3 is 10.1 Å². The molecule has 2 aromatic carbocycles. The summed E-state index contributed by atoms with van der Waals surface area (Å²) < 4.78 is 16.6. The molecular weight excluding hydrogens is 350 g/mol. The molecular formula is C17H16ClNO4S. The maximum Gasteiger partial charge on any atom is 0.339 e. The van der Waals surface area contributed by atoms with Crippen LogP contribution in [0.4, 0.5) is 0 Å². The van der Waals surface area contributed by atoms with Crippen molar-refractivity contribution < 1.29 is 18.5 Å². The van der Waals surface area contributed by atoms with Crippen molar-refractivity contribution in [3.8, 4) is 0 Å². The first-order valence-electron chi connectivity index (χ1n) is 7.08. The first-order valence-corrected chi connectivity index (χ1v) is 9.01. The number of carbonyl (C=O) groups is 2. The van der Waals surface area contributed by atoms with E-state index in [9.17, 15) is 13.8 Å². The Labute approximate surface area is 147 Å². The van der Waals surface area contributed by atoms with E-state index >= 15 is 0 Å². The predicted octanol–water partition coefficient (Wildman–Crippen LogP) is 2.55. The number of halogens is 1. The zero-order chi connectivity index (χ0) is 17.5. The summed E-state index contributed by atoms with van der Waals surface area (Å²) in [5.41, 5.74) is 1.04. The third kappa shape index (κ3) is 5.18. The monoisotopic (exact) mass is 365 g/mol. The van der Waals surface area contributed by atoms with Crippen LogP contribution >= 0.6 is 11.6 Å². The Morgan fingerprint density at radius 1 is 1.17 bits per heavy atom. The van der Waals surface area contributed by atoms with Crippen LogP contribution in [0.2, 0.25) is 5.02 Å². The number of nitrogens with one attached hydrogen (secondary N) is 1. The lowest BCUT2D eigenvalue weighted by molar-refractivity contribution is -0.124. The Bertz CT molecular complexity index is 779. The SMILES string of the molecule is C[S@@](=O)c1ccccc1C(=O)OCC(=O)NCc1cccc(Cl)c1. The molecule has 0 saturated carbocycles. The van der Waals surface area contributed by atoms with Crippen molar-refractivity contribution in [2.45, 2.75) is 11.4 Å². The number of rotatable bonds is 6. The zero-order valence-electron chi connectivity index (χ0n) is 13.0. The van der Waals surface area contributed by atoms with Crippen LogP contribution in [0.15, 0.2) is 53.4 Å². The van der Waals surface area contributed by atoms with Gasteiger partial charge in [0, 0.05) is 17.8 Å². The number of carbonyl (C=O) groups excluding carboxylic acids is 2. The van der Waals surface area contributed by atoms with E-state index in [0.29, 0.717) is 9.92 Å². The highest BCUT2D eigenvalue weighted by Crippen LogP contribution is 2.14. The van der Waals surface area contributed by atoms with Crippen LogP contribution in [0.1, 0.15) is 15.9 Å². The summed E-state index contributed by atoms with van der Waals surface area (Å²) in [6, 6.07) is 13.5. The lowest BCUT2D eigenvalue weighted by Crippen LogP contribution is -2.28. The van der Waals surface area contributed by atoms with Gasteiger partial charge in [0.05, 0.1) is 21.3 Å². The molecule has 0 bridgehead atoms. The molecule has 126 valence electrons. The van der Waals surface area contributed by atoms with Crippen molar-refractivity contribution in [1.29, 1.82) is 0 Å². The summed E-state index contributed by atoms with van der Waals surface area (Å²) in [5, 5.41) is 3.22. The average Bonchev–Trinajstić information content (AvgIpc) is 2.58. The normalized spacial score (nSPS) is 11.6. The van der Waals surface area contributed by atoms with Crippen molar-refractivity contribution in [3.05, 3.63) is 64.7 Å². The summed E-state index contributed by atoms with van der Waals surface area (Å²) in [4.78, 5) is 24.2. The van der Waals surface area contributed by atoms with Crippen LogP contribution in [0, 0.1) is 0 Å². The molecule has 0 fully saturated rings. The molecule has 7 heteroatoms. The minimum Gasteiger partial charge on any atom is -0.452 e. The third-order valence-electron chi connectivity index (χ3n) is 3.13. The molecule has 0 saturated heterocycles. The van der Waals surface area contributed by atoms with Gasteiger partial charge in [0.25, 0.3) is 5.91 Å². The molecule has 0 unspecified atom stereocenters. The summed E-state index contributed by atoms with van der Waals surface area (Å²) in [6.45, 7) is -0.128. The van der Waals surface area contributed by atoms with Crippen LogP contribution in [-0.4, -0.2) is 28.9 Å². The molecule has 0 aliphatic carbocycles. The molecule has 2 aromatic rings. The standard InChI is InChI=1S/C17H16ClNO4S/c1-24(22)15-8-3-2-7-14(15)17(21)23-11-16(20)19-10-12-5-4-6-13(18)9-12/h2-9H,10-11H2,1H3,(H,19,20)/t24-/m1/s1. The molecule has 1 N–H and O–H groups in total. The topological polar surface area (TPSA) is 72.5 Å². The number of hydrogen-bond donors (Lipinski definition) is 1. The van der Waals surface area contributed by atoms with Gasteiger partial charge in [0.15, 0.2) is 6.61 Å². The molecule has 0 spiro atoms. The van der Waals surface area contributed by atoms with Crippen molar-refractivity contribution in [2.24, 2.45) is 0 Å². The molecule has 1 amide bonds. The van der Waals surface area contributed by atoms with Crippen molar-refractivity contribution >= 4 is 34.3 Å². The second-order valence-corrected chi connectivity index (χ2v) is 6.72. The van der Waals surface area contributed by atoms with E-state index in [1.54, 1.807) is 36.4 Å². The van der Waals surface area contributed by atoms with Gasteiger partial charge in [-0.15, -0.1) is 0 Å². The van der Waals surface area contributed by atoms with E-state index in [4.69, 9.17) is 16.3 Å². The van der Waals surface area contributed by atoms with Gasteiger partial charge in [-0.2, -0.15) is 0 Å². The quantitative estimate of drug-likeness (QED) is 0.798. The fraction of sp³-hybridized carbons (Fsp3) is 0.176. The van der Waals surface area contributed by atoms with Gasteiger partial charge in [0.1, 0.15) is 0 Å². The Hall–Kier alpha value is -2.18. The Morgan fingerprint density at radius 2 is 1.92 bits per heavy atom. The van der Waals surface area contributed by atoms with Gasteiger partial charge in [-0.1, -0.05) is 35.9 Å². The first kappa shape index (κ1) is 18.2. The Morgan fingerprint density at radius 3 is 2.62 bits per heavy atom. The van der Waals surface area contributed by atoms with Crippen LogP contribution in [-0.2, 0) is 26.9 Å². The average molecular weight is 366 g/mol. The summed E-state index contributed by atoms with van der Waals surface area (Å²) in [6.07, 6.45) is 1.48. The van der Waals surface area contributed by atoms with E-state index in [2.05, 4.69) is 5.32 Å².